The fourth-order valence-corrected chi connectivity index (χ4v) is 1.02. The van der Waals surface area contributed by atoms with Gasteiger partial charge in [-0.3, -0.25) is 0 Å². The molecule has 0 bridgehead atoms. The summed E-state index contributed by atoms with van der Waals surface area (Å²) in [5, 5.41) is 0. The molecule has 14 heavy (non-hydrogen) atoms. The van der Waals surface area contributed by atoms with Crippen molar-refractivity contribution in [2.24, 2.45) is 11.8 Å². The summed E-state index contributed by atoms with van der Waals surface area (Å²) in [4.78, 5) is 0. The molecule has 0 saturated carbocycles. The van der Waals surface area contributed by atoms with E-state index in [4.69, 9.17) is 20.8 Å². The first-order chi connectivity index (χ1) is 6.52. The fourth-order valence-electron chi connectivity index (χ4n) is 0.841. The Labute approximate surface area is 93.4 Å². The summed E-state index contributed by atoms with van der Waals surface area (Å²) in [7, 11) is 0. The molecule has 0 spiro atoms. The summed E-state index contributed by atoms with van der Waals surface area (Å²) in [6.07, 6.45) is 2.05. The van der Waals surface area contributed by atoms with Crippen molar-refractivity contribution in [3.8, 4) is 0 Å². The minimum atomic E-state index is -0.576. The summed E-state index contributed by atoms with van der Waals surface area (Å²) in [6.45, 7) is 9.41. The van der Waals surface area contributed by atoms with Gasteiger partial charge >= 0.3 is 6.53 Å². The van der Waals surface area contributed by atoms with Crippen molar-refractivity contribution in [1.29, 1.82) is 0 Å². The number of halogens is 1. The highest BCUT2D eigenvalue weighted by Gasteiger charge is 2.14. The highest BCUT2D eigenvalue weighted by atomic mass is 35.5. The van der Waals surface area contributed by atoms with Crippen LogP contribution in [0, 0.1) is 11.8 Å². The van der Waals surface area contributed by atoms with Crippen molar-refractivity contribution < 1.29 is 9.31 Å². The minimum Gasteiger partial charge on any atom is -0.398 e. The highest BCUT2D eigenvalue weighted by molar-refractivity contribution is 6.99. The molecule has 0 aliphatic heterocycles. The standard InChI is InChI=1S/C10H22BClO2/c1-9(2)5-7-13-11(12)14-8-6-10(3)4/h9-10H,5-8H2,1-4H3. The highest BCUT2D eigenvalue weighted by Crippen LogP contribution is 2.05. The molecule has 4 heteroatoms. The van der Waals surface area contributed by atoms with E-state index in [2.05, 4.69) is 27.7 Å². The molecular weight excluding hydrogens is 198 g/mol. The van der Waals surface area contributed by atoms with E-state index >= 15 is 0 Å². The Hall–Kier alpha value is 0.275. The number of rotatable bonds is 8. The molecule has 0 aliphatic rings. The Morgan fingerprint density at radius 3 is 1.57 bits per heavy atom. The van der Waals surface area contributed by atoms with Crippen LogP contribution in [-0.4, -0.2) is 19.7 Å². The molecule has 0 aromatic carbocycles. The maximum atomic E-state index is 5.80. The van der Waals surface area contributed by atoms with Crippen LogP contribution in [0.15, 0.2) is 0 Å². The molecule has 0 aliphatic carbocycles. The molecule has 0 saturated heterocycles. The van der Waals surface area contributed by atoms with Crippen LogP contribution in [0.5, 0.6) is 0 Å². The topological polar surface area (TPSA) is 18.5 Å². The normalized spacial score (nSPS) is 11.4. The van der Waals surface area contributed by atoms with Crippen molar-refractivity contribution in [2.75, 3.05) is 13.2 Å². The van der Waals surface area contributed by atoms with Gasteiger partial charge in [-0.05, 0) is 24.7 Å². The Morgan fingerprint density at radius 1 is 0.929 bits per heavy atom. The predicted molar refractivity (Wildman–Crippen MR) is 62.4 cm³/mol. The fraction of sp³-hybridized carbons (Fsp3) is 1.00. The molecule has 2 nitrogen and oxygen atoms in total. The van der Waals surface area contributed by atoms with Gasteiger partial charge in [0.1, 0.15) is 0 Å². The minimum absolute atomic E-state index is 0.576. The van der Waals surface area contributed by atoms with Crippen LogP contribution in [0.2, 0.25) is 0 Å². The largest absolute Gasteiger partial charge is 0.571 e. The van der Waals surface area contributed by atoms with E-state index in [1.54, 1.807) is 0 Å². The molecule has 0 fully saturated rings. The van der Waals surface area contributed by atoms with E-state index in [-0.39, 0.29) is 0 Å². The molecular formula is C10H22BClO2. The molecule has 0 heterocycles. The maximum Gasteiger partial charge on any atom is 0.571 e. The molecule has 0 radical (unpaired) electrons. The second-order valence-corrected chi connectivity index (χ2v) is 4.74. The first-order valence-electron chi connectivity index (χ1n) is 5.39. The zero-order valence-electron chi connectivity index (χ0n) is 9.75. The molecule has 0 aromatic heterocycles. The van der Waals surface area contributed by atoms with E-state index < -0.39 is 6.53 Å². The van der Waals surface area contributed by atoms with Crippen LogP contribution in [0.25, 0.3) is 0 Å². The van der Waals surface area contributed by atoms with Gasteiger partial charge in [0.15, 0.2) is 0 Å². The van der Waals surface area contributed by atoms with Gasteiger partial charge in [0.25, 0.3) is 0 Å². The monoisotopic (exact) mass is 220 g/mol. The zero-order valence-corrected chi connectivity index (χ0v) is 10.5. The SMILES string of the molecule is CC(C)CCOB(Cl)OCCC(C)C. The molecule has 0 atom stereocenters. The lowest BCUT2D eigenvalue weighted by Gasteiger charge is -2.10. The Morgan fingerprint density at radius 2 is 1.29 bits per heavy atom. The smallest absolute Gasteiger partial charge is 0.398 e. The van der Waals surface area contributed by atoms with Crippen LogP contribution in [0.1, 0.15) is 40.5 Å². The van der Waals surface area contributed by atoms with Gasteiger partial charge in [-0.2, -0.15) is 0 Å². The van der Waals surface area contributed by atoms with Gasteiger partial charge in [0.05, 0.1) is 0 Å². The summed E-state index contributed by atoms with van der Waals surface area (Å²) in [6, 6.07) is 0. The molecule has 84 valence electrons. The average Bonchev–Trinajstić information content (AvgIpc) is 2.02. The molecule has 0 rings (SSSR count). The molecule has 0 amide bonds. The summed E-state index contributed by atoms with van der Waals surface area (Å²) in [5.41, 5.74) is 0. The summed E-state index contributed by atoms with van der Waals surface area (Å²) < 4.78 is 10.6. The average molecular weight is 221 g/mol. The van der Waals surface area contributed by atoms with Crippen molar-refractivity contribution in [3.63, 3.8) is 0 Å². The third-order valence-corrected chi connectivity index (χ3v) is 2.14. The third kappa shape index (κ3) is 10.4. The van der Waals surface area contributed by atoms with Crippen molar-refractivity contribution in [2.45, 2.75) is 40.5 Å². The van der Waals surface area contributed by atoms with Crippen LogP contribution >= 0.6 is 11.5 Å². The predicted octanol–water partition coefficient (Wildman–Crippen LogP) is 3.34. The second-order valence-electron chi connectivity index (χ2n) is 4.38. The second kappa shape index (κ2) is 8.57. The summed E-state index contributed by atoms with van der Waals surface area (Å²) >= 11 is 5.80. The van der Waals surface area contributed by atoms with Gasteiger partial charge in [-0.1, -0.05) is 27.7 Å². The first-order valence-corrected chi connectivity index (χ1v) is 5.83. The third-order valence-electron chi connectivity index (χ3n) is 1.89. The molecule has 0 unspecified atom stereocenters. The number of hydrogen-bond donors (Lipinski definition) is 0. The van der Waals surface area contributed by atoms with E-state index in [0.29, 0.717) is 25.0 Å². The maximum absolute atomic E-state index is 5.80. The van der Waals surface area contributed by atoms with Crippen molar-refractivity contribution >= 4 is 18.0 Å². The van der Waals surface area contributed by atoms with E-state index in [0.717, 1.165) is 12.8 Å². The number of hydrogen-bond acceptors (Lipinski definition) is 2. The Kier molecular flexibility index (Phi) is 8.74. The van der Waals surface area contributed by atoms with Crippen LogP contribution in [-0.2, 0) is 9.31 Å². The lowest BCUT2D eigenvalue weighted by Crippen LogP contribution is -2.18. The van der Waals surface area contributed by atoms with E-state index in [1.807, 2.05) is 0 Å². The zero-order chi connectivity index (χ0) is 11.0. The first kappa shape index (κ1) is 14.3. The lowest BCUT2D eigenvalue weighted by atomic mass is 10.1. The lowest BCUT2D eigenvalue weighted by molar-refractivity contribution is 0.195. The van der Waals surface area contributed by atoms with E-state index in [9.17, 15) is 0 Å². The van der Waals surface area contributed by atoms with E-state index in [1.165, 1.54) is 0 Å². The van der Waals surface area contributed by atoms with Crippen LogP contribution < -0.4 is 0 Å². The quantitative estimate of drug-likeness (QED) is 0.584. The Bertz CT molecular complexity index is 117. The molecule has 0 N–H and O–H groups in total. The Balaban J connectivity index is 3.23. The van der Waals surface area contributed by atoms with Gasteiger partial charge < -0.3 is 9.31 Å². The van der Waals surface area contributed by atoms with Crippen LogP contribution in [0.4, 0.5) is 0 Å². The van der Waals surface area contributed by atoms with Gasteiger partial charge in [-0.15, -0.1) is 11.5 Å². The van der Waals surface area contributed by atoms with Gasteiger partial charge in [0.2, 0.25) is 0 Å². The van der Waals surface area contributed by atoms with Crippen LogP contribution in [0.3, 0.4) is 0 Å². The summed E-state index contributed by atoms with van der Waals surface area (Å²) in [5.74, 6) is 1.30. The van der Waals surface area contributed by atoms with Gasteiger partial charge in [-0.25, -0.2) is 0 Å². The molecule has 0 aromatic rings. The van der Waals surface area contributed by atoms with Crippen molar-refractivity contribution in [1.82, 2.24) is 0 Å². The van der Waals surface area contributed by atoms with Gasteiger partial charge in [0, 0.05) is 13.2 Å². The van der Waals surface area contributed by atoms with Crippen molar-refractivity contribution in [3.05, 3.63) is 0 Å².